The third kappa shape index (κ3) is 4.95. The van der Waals surface area contributed by atoms with Crippen LogP contribution in [0, 0.1) is 0 Å². The molecule has 1 amide bonds. The summed E-state index contributed by atoms with van der Waals surface area (Å²) >= 11 is 12.4. The van der Waals surface area contributed by atoms with Crippen molar-refractivity contribution < 1.29 is 14.3 Å². The third-order valence-electron chi connectivity index (χ3n) is 4.36. The standard InChI is InChI=1S/C18H21Cl2N5O3/c1-27-15-10-16(28-2)23-18(22-15)21-14(26)11-24-6-8-25(9-7-24)13-5-3-4-12(19)17(13)20/h3-5,10H,6-9,11H2,1-2H3,(H,21,22,23,26). The molecule has 1 aromatic carbocycles. The van der Waals surface area contributed by atoms with E-state index in [0.29, 0.717) is 21.8 Å². The van der Waals surface area contributed by atoms with Gasteiger partial charge in [0, 0.05) is 26.2 Å². The number of hydrogen-bond donors (Lipinski definition) is 1. The van der Waals surface area contributed by atoms with E-state index in [0.717, 1.165) is 31.9 Å². The summed E-state index contributed by atoms with van der Waals surface area (Å²) in [7, 11) is 2.97. The van der Waals surface area contributed by atoms with Crippen molar-refractivity contribution in [2.45, 2.75) is 0 Å². The quantitative estimate of drug-likeness (QED) is 0.761. The predicted molar refractivity (Wildman–Crippen MR) is 109 cm³/mol. The highest BCUT2D eigenvalue weighted by Crippen LogP contribution is 2.32. The van der Waals surface area contributed by atoms with Gasteiger partial charge in [-0.25, -0.2) is 0 Å². The Morgan fingerprint density at radius 3 is 2.36 bits per heavy atom. The average Bonchev–Trinajstić information content (AvgIpc) is 2.70. The summed E-state index contributed by atoms with van der Waals surface area (Å²) in [4.78, 5) is 24.8. The molecular formula is C18H21Cl2N5O3. The largest absolute Gasteiger partial charge is 0.481 e. The number of aromatic nitrogens is 2. The van der Waals surface area contributed by atoms with Crippen molar-refractivity contribution >= 4 is 40.7 Å². The van der Waals surface area contributed by atoms with Gasteiger partial charge in [-0.2, -0.15) is 9.97 Å². The molecule has 0 atom stereocenters. The van der Waals surface area contributed by atoms with Crippen LogP contribution < -0.4 is 19.7 Å². The monoisotopic (exact) mass is 425 g/mol. The summed E-state index contributed by atoms with van der Waals surface area (Å²) in [5.41, 5.74) is 0.912. The van der Waals surface area contributed by atoms with Gasteiger partial charge in [-0.1, -0.05) is 29.3 Å². The van der Waals surface area contributed by atoms with E-state index in [2.05, 4.69) is 25.1 Å². The Balaban J connectivity index is 1.55. The lowest BCUT2D eigenvalue weighted by Gasteiger charge is -2.36. The maximum Gasteiger partial charge on any atom is 0.240 e. The Hall–Kier alpha value is -2.29. The average molecular weight is 426 g/mol. The van der Waals surface area contributed by atoms with Crippen LogP contribution in [0.15, 0.2) is 24.3 Å². The zero-order valence-corrected chi connectivity index (χ0v) is 17.1. The van der Waals surface area contributed by atoms with Gasteiger partial charge in [0.2, 0.25) is 23.6 Å². The van der Waals surface area contributed by atoms with Crippen LogP contribution in [-0.4, -0.2) is 67.7 Å². The fourth-order valence-corrected chi connectivity index (χ4v) is 3.33. The fraction of sp³-hybridized carbons (Fsp3) is 0.389. The molecule has 0 spiro atoms. The van der Waals surface area contributed by atoms with Crippen molar-refractivity contribution in [2.75, 3.05) is 57.2 Å². The van der Waals surface area contributed by atoms with E-state index in [-0.39, 0.29) is 18.4 Å². The number of piperazine rings is 1. The van der Waals surface area contributed by atoms with E-state index < -0.39 is 0 Å². The van der Waals surface area contributed by atoms with E-state index in [1.165, 1.54) is 20.3 Å². The van der Waals surface area contributed by atoms with Crippen LogP contribution in [0.4, 0.5) is 11.6 Å². The summed E-state index contributed by atoms with van der Waals surface area (Å²) < 4.78 is 10.2. The van der Waals surface area contributed by atoms with Gasteiger partial charge < -0.3 is 14.4 Å². The molecule has 1 saturated heterocycles. The van der Waals surface area contributed by atoms with Crippen molar-refractivity contribution in [3.8, 4) is 11.8 Å². The molecule has 1 aromatic heterocycles. The van der Waals surface area contributed by atoms with Crippen LogP contribution in [0.1, 0.15) is 0 Å². The van der Waals surface area contributed by atoms with E-state index in [1.54, 1.807) is 6.07 Å². The van der Waals surface area contributed by atoms with E-state index >= 15 is 0 Å². The number of nitrogens with one attached hydrogen (secondary N) is 1. The molecule has 150 valence electrons. The van der Waals surface area contributed by atoms with Gasteiger partial charge in [0.1, 0.15) is 0 Å². The third-order valence-corrected chi connectivity index (χ3v) is 5.17. The van der Waals surface area contributed by atoms with Crippen molar-refractivity contribution in [2.24, 2.45) is 0 Å². The molecule has 1 aliphatic heterocycles. The Morgan fingerprint density at radius 1 is 1.11 bits per heavy atom. The first-order chi connectivity index (χ1) is 13.5. The molecule has 2 aromatic rings. The number of halogens is 2. The number of anilines is 2. The Kier molecular flexibility index (Phi) is 6.77. The number of hydrogen-bond acceptors (Lipinski definition) is 7. The second-order valence-corrected chi connectivity index (χ2v) is 6.95. The van der Waals surface area contributed by atoms with E-state index in [4.69, 9.17) is 32.7 Å². The Bertz CT molecular complexity index is 822. The molecule has 10 heteroatoms. The molecule has 28 heavy (non-hydrogen) atoms. The second-order valence-electron chi connectivity index (χ2n) is 6.16. The molecular weight excluding hydrogens is 405 g/mol. The van der Waals surface area contributed by atoms with Crippen LogP contribution in [0.2, 0.25) is 10.0 Å². The van der Waals surface area contributed by atoms with Crippen molar-refractivity contribution in [1.29, 1.82) is 0 Å². The van der Waals surface area contributed by atoms with Crippen molar-refractivity contribution in [1.82, 2.24) is 14.9 Å². The van der Waals surface area contributed by atoms with E-state index in [1.807, 2.05) is 12.1 Å². The lowest BCUT2D eigenvalue weighted by Crippen LogP contribution is -2.48. The summed E-state index contributed by atoms with van der Waals surface area (Å²) in [6.07, 6.45) is 0. The smallest absolute Gasteiger partial charge is 0.240 e. The Morgan fingerprint density at radius 2 is 1.75 bits per heavy atom. The van der Waals surface area contributed by atoms with Gasteiger partial charge in [0.05, 0.1) is 42.6 Å². The van der Waals surface area contributed by atoms with Crippen LogP contribution in [0.5, 0.6) is 11.8 Å². The molecule has 2 heterocycles. The Labute approximate surface area is 173 Å². The lowest BCUT2D eigenvalue weighted by atomic mass is 10.2. The number of amides is 1. The first-order valence-electron chi connectivity index (χ1n) is 8.68. The maximum absolute atomic E-state index is 12.4. The normalized spacial score (nSPS) is 14.6. The molecule has 0 radical (unpaired) electrons. The van der Waals surface area contributed by atoms with Crippen LogP contribution in [0.3, 0.4) is 0 Å². The van der Waals surface area contributed by atoms with Crippen LogP contribution in [-0.2, 0) is 4.79 Å². The first kappa shape index (κ1) is 20.4. The van der Waals surface area contributed by atoms with Gasteiger partial charge in [0.15, 0.2) is 0 Å². The molecule has 3 rings (SSSR count). The number of benzene rings is 1. The highest BCUT2D eigenvalue weighted by Gasteiger charge is 2.21. The van der Waals surface area contributed by atoms with Gasteiger partial charge in [-0.15, -0.1) is 0 Å². The second kappa shape index (κ2) is 9.27. The minimum atomic E-state index is -0.204. The highest BCUT2D eigenvalue weighted by molar-refractivity contribution is 6.43. The zero-order valence-electron chi connectivity index (χ0n) is 15.6. The van der Waals surface area contributed by atoms with Gasteiger partial charge in [-0.3, -0.25) is 15.0 Å². The summed E-state index contributed by atoms with van der Waals surface area (Å²) in [6.45, 7) is 3.17. The maximum atomic E-state index is 12.4. The summed E-state index contributed by atoms with van der Waals surface area (Å²) in [5, 5.41) is 3.77. The number of ether oxygens (including phenoxy) is 2. The van der Waals surface area contributed by atoms with Gasteiger partial charge in [0.25, 0.3) is 0 Å². The molecule has 0 bridgehead atoms. The van der Waals surface area contributed by atoms with Crippen molar-refractivity contribution in [3.63, 3.8) is 0 Å². The molecule has 1 fully saturated rings. The number of methoxy groups -OCH3 is 2. The minimum absolute atomic E-state index is 0.144. The molecule has 1 aliphatic rings. The molecule has 0 unspecified atom stereocenters. The summed E-state index contributed by atoms with van der Waals surface area (Å²) in [5.74, 6) is 0.568. The van der Waals surface area contributed by atoms with Crippen molar-refractivity contribution in [3.05, 3.63) is 34.3 Å². The zero-order chi connectivity index (χ0) is 20.1. The van der Waals surface area contributed by atoms with Crippen LogP contribution >= 0.6 is 23.2 Å². The molecule has 1 N–H and O–H groups in total. The minimum Gasteiger partial charge on any atom is -0.481 e. The predicted octanol–water partition coefficient (Wildman–Crippen LogP) is 2.56. The number of carbonyl (C=O) groups excluding carboxylic acids is 1. The number of nitrogens with zero attached hydrogens (tertiary/aromatic N) is 4. The summed E-state index contributed by atoms with van der Waals surface area (Å²) in [6, 6.07) is 7.13. The lowest BCUT2D eigenvalue weighted by molar-refractivity contribution is -0.117. The molecule has 8 nitrogen and oxygen atoms in total. The highest BCUT2D eigenvalue weighted by atomic mass is 35.5. The molecule has 0 aliphatic carbocycles. The van der Waals surface area contributed by atoms with Gasteiger partial charge in [-0.05, 0) is 12.1 Å². The van der Waals surface area contributed by atoms with E-state index in [9.17, 15) is 4.79 Å². The first-order valence-corrected chi connectivity index (χ1v) is 9.44. The van der Waals surface area contributed by atoms with Gasteiger partial charge >= 0.3 is 0 Å². The van der Waals surface area contributed by atoms with Crippen LogP contribution in [0.25, 0.3) is 0 Å². The number of carbonyl (C=O) groups is 1. The topological polar surface area (TPSA) is 79.8 Å². The molecule has 0 saturated carbocycles. The number of rotatable bonds is 6. The SMILES string of the molecule is COc1cc(OC)nc(NC(=O)CN2CCN(c3cccc(Cl)c3Cl)CC2)n1. The fourth-order valence-electron chi connectivity index (χ4n) is 2.92.